The van der Waals surface area contributed by atoms with Crippen molar-refractivity contribution >= 4 is 17.2 Å². The number of amides is 1. The van der Waals surface area contributed by atoms with E-state index in [1.54, 1.807) is 11.3 Å². The van der Waals surface area contributed by atoms with E-state index in [1.807, 2.05) is 7.11 Å². The highest BCUT2D eigenvalue weighted by atomic mass is 32.1. The molecule has 0 unspecified atom stereocenters. The zero-order valence-corrected chi connectivity index (χ0v) is 18.1. The van der Waals surface area contributed by atoms with Crippen molar-refractivity contribution in [2.75, 3.05) is 33.3 Å². The molecule has 0 atom stereocenters. The van der Waals surface area contributed by atoms with Gasteiger partial charge >= 0.3 is 0 Å². The van der Waals surface area contributed by atoms with Crippen LogP contribution in [0.1, 0.15) is 72.5 Å². The number of likely N-dealkylation sites (tertiary alicyclic amines) is 1. The minimum absolute atomic E-state index is 0.0708. The van der Waals surface area contributed by atoms with Gasteiger partial charge in [0, 0.05) is 38.2 Å². The molecule has 1 aliphatic heterocycles. The molecule has 0 radical (unpaired) electrons. The molecule has 1 aromatic rings. The van der Waals surface area contributed by atoms with Gasteiger partial charge in [0.1, 0.15) is 0 Å². The summed E-state index contributed by atoms with van der Waals surface area (Å²) in [6.07, 6.45) is 10.1. The molecule has 0 aromatic carbocycles. The number of carbonyl (C=O) groups excluding carboxylic acids is 1. The number of nitrogens with one attached hydrogen (secondary N) is 1. The van der Waals surface area contributed by atoms with Crippen molar-refractivity contribution in [3.05, 3.63) is 21.4 Å². The average molecular weight is 393 g/mol. The second-order valence-corrected chi connectivity index (χ2v) is 10.2. The average Bonchev–Trinajstić information content (AvgIpc) is 3.02. The first kappa shape index (κ1) is 20.8. The predicted octanol–water partition coefficient (Wildman–Crippen LogP) is 4.27. The Hall–Kier alpha value is -0.910. The monoisotopic (exact) mass is 392 g/mol. The summed E-state index contributed by atoms with van der Waals surface area (Å²) in [5.74, 6) is 0.109. The molecular weight excluding hydrogens is 356 g/mol. The molecule has 2 aliphatic rings. The van der Waals surface area contributed by atoms with Gasteiger partial charge in [-0.2, -0.15) is 0 Å². The van der Waals surface area contributed by atoms with Crippen LogP contribution in [0, 0.1) is 5.41 Å². The summed E-state index contributed by atoms with van der Waals surface area (Å²) < 4.78 is 5.47. The van der Waals surface area contributed by atoms with Crippen molar-refractivity contribution in [2.24, 2.45) is 5.41 Å². The number of piperidine rings is 1. The molecule has 1 N–H and O–H groups in total. The molecule has 1 saturated heterocycles. The highest BCUT2D eigenvalue weighted by Gasteiger charge is 2.26. The summed E-state index contributed by atoms with van der Waals surface area (Å²) in [6, 6.07) is 2.16. The maximum absolute atomic E-state index is 12.7. The number of thiophene rings is 1. The van der Waals surface area contributed by atoms with E-state index < -0.39 is 0 Å². The highest BCUT2D eigenvalue weighted by molar-refractivity contribution is 7.14. The van der Waals surface area contributed by atoms with E-state index in [4.69, 9.17) is 4.74 Å². The molecule has 1 aliphatic carbocycles. The number of hydrogen-bond acceptors (Lipinski definition) is 4. The number of fused-ring (bicyclic) bond motifs is 1. The van der Waals surface area contributed by atoms with Gasteiger partial charge in [0.15, 0.2) is 0 Å². The van der Waals surface area contributed by atoms with Gasteiger partial charge in [-0.05, 0) is 55.6 Å². The van der Waals surface area contributed by atoms with Crippen LogP contribution in [0.25, 0.3) is 0 Å². The first-order valence-corrected chi connectivity index (χ1v) is 11.4. The Morgan fingerprint density at radius 1 is 1.22 bits per heavy atom. The summed E-state index contributed by atoms with van der Waals surface area (Å²) in [7, 11) is 1.81. The van der Waals surface area contributed by atoms with E-state index >= 15 is 0 Å². The van der Waals surface area contributed by atoms with Crippen molar-refractivity contribution in [1.29, 1.82) is 0 Å². The lowest BCUT2D eigenvalue weighted by Gasteiger charge is -2.37. The molecule has 2 heterocycles. The maximum atomic E-state index is 12.7. The van der Waals surface area contributed by atoms with Crippen molar-refractivity contribution < 1.29 is 9.53 Å². The third kappa shape index (κ3) is 6.03. The Balaban J connectivity index is 1.50. The molecule has 1 fully saturated rings. The van der Waals surface area contributed by atoms with Gasteiger partial charge in [-0.1, -0.05) is 26.7 Å². The molecule has 0 bridgehead atoms. The van der Waals surface area contributed by atoms with Gasteiger partial charge in [0.2, 0.25) is 0 Å². The van der Waals surface area contributed by atoms with Crippen molar-refractivity contribution in [2.45, 2.75) is 71.3 Å². The summed E-state index contributed by atoms with van der Waals surface area (Å²) >= 11 is 1.72. The van der Waals surface area contributed by atoms with Crippen LogP contribution in [0.5, 0.6) is 0 Å². The van der Waals surface area contributed by atoms with Gasteiger partial charge in [0.25, 0.3) is 5.91 Å². The van der Waals surface area contributed by atoms with Gasteiger partial charge < -0.3 is 15.0 Å². The van der Waals surface area contributed by atoms with E-state index in [9.17, 15) is 4.79 Å². The van der Waals surface area contributed by atoms with Gasteiger partial charge in [-0.15, -0.1) is 11.3 Å². The van der Waals surface area contributed by atoms with Crippen LogP contribution in [-0.4, -0.2) is 50.2 Å². The summed E-state index contributed by atoms with van der Waals surface area (Å²) in [6.45, 7) is 8.43. The largest absolute Gasteiger partial charge is 0.381 e. The fourth-order valence-corrected chi connectivity index (χ4v) is 5.50. The zero-order valence-electron chi connectivity index (χ0n) is 17.3. The minimum atomic E-state index is 0.0708. The third-order valence-corrected chi connectivity index (χ3v) is 7.20. The number of nitrogens with zero attached hydrogens (tertiary/aromatic N) is 1. The van der Waals surface area contributed by atoms with Crippen LogP contribution >= 0.6 is 11.3 Å². The number of aryl methyl sites for hydroxylation is 2. The molecular formula is C22H36N2O2S. The zero-order chi connectivity index (χ0) is 19.3. The molecule has 5 heteroatoms. The van der Waals surface area contributed by atoms with Crippen molar-refractivity contribution in [3.63, 3.8) is 0 Å². The van der Waals surface area contributed by atoms with E-state index in [1.165, 1.54) is 36.1 Å². The van der Waals surface area contributed by atoms with Crippen LogP contribution < -0.4 is 5.32 Å². The number of rotatable bonds is 6. The lowest BCUT2D eigenvalue weighted by Crippen LogP contribution is -2.45. The fourth-order valence-electron chi connectivity index (χ4n) is 4.33. The first-order chi connectivity index (χ1) is 13.0. The molecule has 152 valence electrons. The number of hydrogen-bond donors (Lipinski definition) is 1. The number of methoxy groups -OCH3 is 1. The highest BCUT2D eigenvalue weighted by Crippen LogP contribution is 2.29. The normalized spacial score (nSPS) is 20.0. The van der Waals surface area contributed by atoms with Crippen molar-refractivity contribution in [3.8, 4) is 0 Å². The van der Waals surface area contributed by atoms with Crippen molar-refractivity contribution in [1.82, 2.24) is 10.2 Å². The Kier molecular flexibility index (Phi) is 7.35. The Morgan fingerprint density at radius 2 is 1.93 bits per heavy atom. The van der Waals surface area contributed by atoms with Crippen LogP contribution in [0.3, 0.4) is 0 Å². The molecule has 27 heavy (non-hydrogen) atoms. The predicted molar refractivity (Wildman–Crippen MR) is 113 cm³/mol. The van der Waals surface area contributed by atoms with E-state index in [0.29, 0.717) is 6.10 Å². The lowest BCUT2D eigenvalue weighted by molar-refractivity contribution is 0.0300. The lowest BCUT2D eigenvalue weighted by atomic mass is 9.91. The van der Waals surface area contributed by atoms with E-state index in [0.717, 1.165) is 56.7 Å². The second kappa shape index (κ2) is 9.53. The van der Waals surface area contributed by atoms with Gasteiger partial charge in [-0.25, -0.2) is 0 Å². The molecule has 3 rings (SSSR count). The van der Waals surface area contributed by atoms with Gasteiger partial charge in [0.05, 0.1) is 11.0 Å². The standard InChI is InChI=1S/C22H36N2O2S/c1-22(2,16-24-12-10-18(26-3)11-13-24)15-23-21(25)20-14-17-8-6-4-5-7-9-19(17)27-20/h14,18H,4-13,15-16H2,1-3H3,(H,23,25). The van der Waals surface area contributed by atoms with Crippen LogP contribution in [0.15, 0.2) is 6.07 Å². The topological polar surface area (TPSA) is 41.6 Å². The van der Waals surface area contributed by atoms with Gasteiger partial charge in [-0.3, -0.25) is 4.79 Å². The molecule has 0 saturated carbocycles. The fraction of sp³-hybridized carbons (Fsp3) is 0.773. The first-order valence-electron chi connectivity index (χ1n) is 10.6. The maximum Gasteiger partial charge on any atom is 0.261 e. The Labute approximate surface area is 168 Å². The Morgan fingerprint density at radius 3 is 2.63 bits per heavy atom. The smallest absolute Gasteiger partial charge is 0.261 e. The molecule has 4 nitrogen and oxygen atoms in total. The minimum Gasteiger partial charge on any atom is -0.381 e. The second-order valence-electron chi connectivity index (χ2n) is 9.03. The molecule has 1 aromatic heterocycles. The summed E-state index contributed by atoms with van der Waals surface area (Å²) in [5, 5.41) is 3.21. The Bertz CT molecular complexity index is 592. The van der Waals surface area contributed by atoms with Crippen LogP contribution in [-0.2, 0) is 17.6 Å². The van der Waals surface area contributed by atoms with Crippen LogP contribution in [0.4, 0.5) is 0 Å². The summed E-state index contributed by atoms with van der Waals surface area (Å²) in [5.41, 5.74) is 1.49. The van der Waals surface area contributed by atoms with Crippen LogP contribution in [0.2, 0.25) is 0 Å². The van der Waals surface area contributed by atoms with E-state index in [2.05, 4.69) is 30.1 Å². The third-order valence-electron chi connectivity index (χ3n) is 5.97. The molecule has 0 spiro atoms. The summed E-state index contributed by atoms with van der Waals surface area (Å²) in [4.78, 5) is 17.6. The number of ether oxygens (including phenoxy) is 1. The SMILES string of the molecule is COC1CCN(CC(C)(C)CNC(=O)c2cc3c(s2)CCCCCC3)CC1. The quantitative estimate of drug-likeness (QED) is 0.786. The van der Waals surface area contributed by atoms with E-state index in [-0.39, 0.29) is 11.3 Å². The molecule has 1 amide bonds. The number of carbonyl (C=O) groups is 1.